The quantitative estimate of drug-likeness (QED) is 0.794. The van der Waals surface area contributed by atoms with Crippen molar-refractivity contribution < 1.29 is 9.59 Å². The molecule has 1 N–H and O–H groups in total. The van der Waals surface area contributed by atoms with Crippen molar-refractivity contribution in [3.63, 3.8) is 0 Å². The molecule has 0 aliphatic carbocycles. The normalized spacial score (nSPS) is 17.4. The molecule has 0 atom stereocenters. The average molecular weight is 439 g/mol. The molecule has 0 spiro atoms. The van der Waals surface area contributed by atoms with Gasteiger partial charge in [0.15, 0.2) is 0 Å². The number of halogens is 1. The molecule has 2 aliphatic rings. The molecule has 1 saturated heterocycles. The second kappa shape index (κ2) is 9.12. The van der Waals surface area contributed by atoms with E-state index in [1.165, 1.54) is 21.7 Å². The highest BCUT2D eigenvalue weighted by Gasteiger charge is 2.29. The second-order valence-corrected chi connectivity index (χ2v) is 8.57. The number of anilines is 1. The van der Waals surface area contributed by atoms with E-state index in [0.717, 1.165) is 19.6 Å². The standard InChI is InChI=1S/C24H27ClN4O2/c1-17-3-4-19(18(2)15-17)16-27-11-13-28(14-12-27)24(31)22-9-10-23(30)29(26-22)21-7-5-20(25)6-8-21/h3-9,15,26H,10-14,16H2,1-2H3. The maximum Gasteiger partial charge on any atom is 0.271 e. The Labute approximate surface area is 188 Å². The summed E-state index contributed by atoms with van der Waals surface area (Å²) >= 11 is 5.95. The number of carbonyl (C=O) groups excluding carboxylic acids is 2. The van der Waals surface area contributed by atoms with Gasteiger partial charge in [-0.1, -0.05) is 35.4 Å². The van der Waals surface area contributed by atoms with Crippen LogP contribution in [0.4, 0.5) is 5.69 Å². The van der Waals surface area contributed by atoms with Crippen LogP contribution in [0.2, 0.25) is 5.02 Å². The van der Waals surface area contributed by atoms with Crippen LogP contribution in [0.25, 0.3) is 0 Å². The summed E-state index contributed by atoms with van der Waals surface area (Å²) in [6, 6.07) is 13.5. The Hall–Kier alpha value is -2.83. The third kappa shape index (κ3) is 4.92. The zero-order valence-electron chi connectivity index (χ0n) is 17.9. The molecule has 1 fully saturated rings. The van der Waals surface area contributed by atoms with Crippen LogP contribution >= 0.6 is 11.6 Å². The summed E-state index contributed by atoms with van der Waals surface area (Å²) in [5.41, 5.74) is 8.01. The lowest BCUT2D eigenvalue weighted by Crippen LogP contribution is -2.53. The SMILES string of the molecule is Cc1ccc(CN2CCN(C(=O)C3=CCC(=O)N(c4ccc(Cl)cc4)N3)CC2)c(C)c1. The fraction of sp³-hybridized carbons (Fsp3) is 0.333. The van der Waals surface area contributed by atoms with Crippen LogP contribution in [-0.2, 0) is 16.1 Å². The van der Waals surface area contributed by atoms with Crippen molar-refractivity contribution in [3.8, 4) is 0 Å². The van der Waals surface area contributed by atoms with Crippen LogP contribution < -0.4 is 10.4 Å². The fourth-order valence-electron chi connectivity index (χ4n) is 3.99. The van der Waals surface area contributed by atoms with Gasteiger partial charge in [0.2, 0.25) is 5.91 Å². The summed E-state index contributed by atoms with van der Waals surface area (Å²) in [6.07, 6.45) is 1.86. The lowest BCUT2D eigenvalue weighted by molar-refractivity contribution is -0.129. The lowest BCUT2D eigenvalue weighted by Gasteiger charge is -2.37. The van der Waals surface area contributed by atoms with E-state index in [-0.39, 0.29) is 18.2 Å². The second-order valence-electron chi connectivity index (χ2n) is 8.14. The van der Waals surface area contributed by atoms with Gasteiger partial charge in [0.25, 0.3) is 5.91 Å². The number of aryl methyl sites for hydroxylation is 2. The number of benzene rings is 2. The van der Waals surface area contributed by atoms with Gasteiger partial charge >= 0.3 is 0 Å². The van der Waals surface area contributed by atoms with Crippen molar-refractivity contribution in [2.24, 2.45) is 0 Å². The number of hydrogen-bond acceptors (Lipinski definition) is 4. The lowest BCUT2D eigenvalue weighted by atomic mass is 10.1. The van der Waals surface area contributed by atoms with Gasteiger partial charge in [0.05, 0.1) is 5.69 Å². The Morgan fingerprint density at radius 1 is 1.03 bits per heavy atom. The molecule has 2 amide bonds. The first-order valence-corrected chi connectivity index (χ1v) is 10.9. The summed E-state index contributed by atoms with van der Waals surface area (Å²) in [5, 5.41) is 2.01. The predicted molar refractivity (Wildman–Crippen MR) is 123 cm³/mol. The first-order valence-electron chi connectivity index (χ1n) is 10.5. The highest BCUT2D eigenvalue weighted by molar-refractivity contribution is 6.30. The molecule has 162 valence electrons. The van der Waals surface area contributed by atoms with Crippen LogP contribution in [-0.4, -0.2) is 47.8 Å². The Morgan fingerprint density at radius 3 is 2.42 bits per heavy atom. The number of hydrogen-bond donors (Lipinski definition) is 1. The molecular formula is C24H27ClN4O2. The van der Waals surface area contributed by atoms with Crippen LogP contribution in [0.15, 0.2) is 54.2 Å². The average Bonchev–Trinajstić information content (AvgIpc) is 2.77. The smallest absolute Gasteiger partial charge is 0.271 e. The van der Waals surface area contributed by atoms with E-state index in [0.29, 0.717) is 29.5 Å². The van der Waals surface area contributed by atoms with Crippen molar-refractivity contribution in [1.82, 2.24) is 15.2 Å². The van der Waals surface area contributed by atoms with E-state index in [2.05, 4.69) is 42.4 Å². The van der Waals surface area contributed by atoms with Gasteiger partial charge in [-0.25, -0.2) is 5.01 Å². The monoisotopic (exact) mass is 438 g/mol. The predicted octanol–water partition coefficient (Wildman–Crippen LogP) is 3.43. The molecule has 2 aromatic rings. The third-order valence-electron chi connectivity index (χ3n) is 5.83. The van der Waals surface area contributed by atoms with Crippen molar-refractivity contribution in [2.75, 3.05) is 31.2 Å². The van der Waals surface area contributed by atoms with Gasteiger partial charge in [-0.3, -0.25) is 19.9 Å². The zero-order chi connectivity index (χ0) is 22.0. The molecule has 6 nitrogen and oxygen atoms in total. The number of hydrazine groups is 1. The van der Waals surface area contributed by atoms with E-state index in [9.17, 15) is 9.59 Å². The minimum absolute atomic E-state index is 0.0716. The van der Waals surface area contributed by atoms with Gasteiger partial charge in [0.1, 0.15) is 5.70 Å². The Kier molecular flexibility index (Phi) is 6.30. The molecule has 2 aromatic carbocycles. The van der Waals surface area contributed by atoms with Gasteiger partial charge in [-0.05, 0) is 55.3 Å². The minimum Gasteiger partial charge on any atom is -0.335 e. The summed E-state index contributed by atoms with van der Waals surface area (Å²) in [6.45, 7) is 8.13. The molecule has 0 saturated carbocycles. The number of piperazine rings is 1. The van der Waals surface area contributed by atoms with Crippen LogP contribution in [0.3, 0.4) is 0 Å². The van der Waals surface area contributed by atoms with E-state index in [1.807, 2.05) is 4.90 Å². The molecule has 4 rings (SSSR count). The minimum atomic E-state index is -0.114. The van der Waals surface area contributed by atoms with E-state index in [4.69, 9.17) is 11.6 Å². The molecule has 7 heteroatoms. The van der Waals surface area contributed by atoms with Crippen molar-refractivity contribution in [2.45, 2.75) is 26.8 Å². The Balaban J connectivity index is 1.36. The van der Waals surface area contributed by atoms with Gasteiger partial charge in [-0.2, -0.15) is 0 Å². The van der Waals surface area contributed by atoms with Crippen molar-refractivity contribution in [1.29, 1.82) is 0 Å². The summed E-state index contributed by atoms with van der Waals surface area (Å²) in [5.74, 6) is -0.185. The maximum absolute atomic E-state index is 13.1. The largest absolute Gasteiger partial charge is 0.335 e. The molecule has 0 bridgehead atoms. The van der Waals surface area contributed by atoms with Gasteiger partial charge in [0, 0.05) is 44.2 Å². The summed E-state index contributed by atoms with van der Waals surface area (Å²) in [4.78, 5) is 29.6. The number of nitrogens with one attached hydrogen (secondary N) is 1. The van der Waals surface area contributed by atoms with Gasteiger partial charge < -0.3 is 4.90 Å². The maximum atomic E-state index is 13.1. The molecule has 0 unspecified atom stereocenters. The highest BCUT2D eigenvalue weighted by atomic mass is 35.5. The number of rotatable bonds is 4. The third-order valence-corrected chi connectivity index (χ3v) is 6.08. The van der Waals surface area contributed by atoms with Crippen molar-refractivity contribution >= 4 is 29.1 Å². The molecule has 31 heavy (non-hydrogen) atoms. The van der Waals surface area contributed by atoms with Crippen molar-refractivity contribution in [3.05, 3.63) is 76.0 Å². The Morgan fingerprint density at radius 2 is 1.74 bits per heavy atom. The number of nitrogens with zero attached hydrogens (tertiary/aromatic N) is 3. The van der Waals surface area contributed by atoms with Gasteiger partial charge in [-0.15, -0.1) is 0 Å². The fourth-order valence-corrected chi connectivity index (χ4v) is 4.11. The Bertz CT molecular complexity index is 1010. The first kappa shape index (κ1) is 21.4. The zero-order valence-corrected chi connectivity index (χ0v) is 18.7. The molecule has 2 aliphatic heterocycles. The van der Waals surface area contributed by atoms with E-state index < -0.39 is 0 Å². The van der Waals surface area contributed by atoms with Crippen LogP contribution in [0, 0.1) is 13.8 Å². The topological polar surface area (TPSA) is 55.9 Å². The number of carbonyl (C=O) groups is 2. The molecule has 0 radical (unpaired) electrons. The molecular weight excluding hydrogens is 412 g/mol. The summed E-state index contributed by atoms with van der Waals surface area (Å²) < 4.78 is 0. The molecule has 0 aromatic heterocycles. The highest BCUT2D eigenvalue weighted by Crippen LogP contribution is 2.21. The van der Waals surface area contributed by atoms with Crippen LogP contribution in [0.1, 0.15) is 23.1 Å². The first-order chi connectivity index (χ1) is 14.9. The van der Waals surface area contributed by atoms with E-state index >= 15 is 0 Å². The summed E-state index contributed by atoms with van der Waals surface area (Å²) in [7, 11) is 0. The molecule has 2 heterocycles. The van der Waals surface area contributed by atoms with E-state index in [1.54, 1.807) is 30.3 Å². The van der Waals surface area contributed by atoms with Crippen LogP contribution in [0.5, 0.6) is 0 Å². The number of amides is 2.